The van der Waals surface area contributed by atoms with Crippen molar-refractivity contribution in [2.24, 2.45) is 0 Å². The average molecular weight is 1290 g/mol. The van der Waals surface area contributed by atoms with Crippen LogP contribution in [0.3, 0.4) is 0 Å². The molecule has 0 spiro atoms. The summed E-state index contributed by atoms with van der Waals surface area (Å²) in [5.41, 5.74) is 0. The number of carbonyl (C=O) groups excluding carboxylic acids is 1. The smallest absolute Gasteiger partial charge is 0.220 e. The third kappa shape index (κ3) is 59.4. The molecular weight excluding hydrogens is 1130 g/mol. The quantitative estimate of drug-likeness (QED) is 0.0261. The molecule has 0 aromatic rings. The molecule has 538 valence electrons. The second kappa shape index (κ2) is 71.2. The van der Waals surface area contributed by atoms with Gasteiger partial charge in [0.15, 0.2) is 6.29 Å². The van der Waals surface area contributed by atoms with Crippen LogP contribution in [0.1, 0.15) is 425 Å². The normalized spacial score (nSPS) is 17.8. The van der Waals surface area contributed by atoms with E-state index in [1.54, 1.807) is 6.08 Å². The summed E-state index contributed by atoms with van der Waals surface area (Å²) >= 11 is 0. The predicted octanol–water partition coefficient (Wildman–Crippen LogP) is 23.3. The van der Waals surface area contributed by atoms with E-state index in [1.807, 2.05) is 6.08 Å². The summed E-state index contributed by atoms with van der Waals surface area (Å²) < 4.78 is 11.4. The number of unbranched alkanes of at least 4 members (excludes halogenated alkanes) is 59. The highest BCUT2D eigenvalue weighted by atomic mass is 16.7. The lowest BCUT2D eigenvalue weighted by Gasteiger charge is -2.40. The van der Waals surface area contributed by atoms with Crippen molar-refractivity contribution < 1.29 is 39.8 Å². The Morgan fingerprint density at radius 3 is 0.945 bits per heavy atom. The highest BCUT2D eigenvalue weighted by Gasteiger charge is 2.44. The maximum Gasteiger partial charge on any atom is 0.220 e. The van der Waals surface area contributed by atoms with Gasteiger partial charge in [0.1, 0.15) is 24.4 Å². The Bertz CT molecular complexity index is 1540. The summed E-state index contributed by atoms with van der Waals surface area (Å²) in [7, 11) is 0. The summed E-state index contributed by atoms with van der Waals surface area (Å²) in [6.45, 7) is 3.84. The molecule has 0 bridgehead atoms. The van der Waals surface area contributed by atoms with E-state index in [1.165, 1.54) is 360 Å². The second-order valence-corrected chi connectivity index (χ2v) is 28.6. The monoisotopic (exact) mass is 1280 g/mol. The first-order valence-electron chi connectivity index (χ1n) is 40.7. The van der Waals surface area contributed by atoms with Gasteiger partial charge in [-0.25, -0.2) is 0 Å². The Kier molecular flexibility index (Phi) is 68.4. The van der Waals surface area contributed by atoms with Crippen molar-refractivity contribution >= 4 is 5.91 Å². The van der Waals surface area contributed by atoms with Crippen LogP contribution >= 0.6 is 0 Å². The molecule has 1 aliphatic heterocycles. The van der Waals surface area contributed by atoms with Gasteiger partial charge < -0.3 is 40.3 Å². The molecule has 1 saturated heterocycles. The minimum Gasteiger partial charge on any atom is -0.394 e. The SMILES string of the molecule is CCCCCCC/C=C\C/C=C\CCCCCCCCCCCCCCCCCCCCCCCCCCCC(=O)NC(COC1OC(CO)C(O)C(O)C1O)C(O)/C=C/CCCCCCCCCCCCCCCCCCCCCCCCCCCCCCC. The van der Waals surface area contributed by atoms with E-state index in [9.17, 15) is 30.3 Å². The van der Waals surface area contributed by atoms with Crippen LogP contribution in [-0.4, -0.2) is 87.5 Å². The molecule has 91 heavy (non-hydrogen) atoms. The van der Waals surface area contributed by atoms with Crippen molar-refractivity contribution in [3.8, 4) is 0 Å². The lowest BCUT2D eigenvalue weighted by molar-refractivity contribution is -0.302. The molecule has 1 heterocycles. The number of amides is 1. The minimum absolute atomic E-state index is 0.167. The van der Waals surface area contributed by atoms with Crippen molar-refractivity contribution in [1.82, 2.24) is 5.32 Å². The lowest BCUT2D eigenvalue weighted by Crippen LogP contribution is -2.60. The number of allylic oxidation sites excluding steroid dienone is 5. The van der Waals surface area contributed by atoms with E-state index >= 15 is 0 Å². The van der Waals surface area contributed by atoms with Crippen LogP contribution < -0.4 is 5.32 Å². The molecule has 6 N–H and O–H groups in total. The lowest BCUT2D eigenvalue weighted by atomic mass is 9.99. The topological polar surface area (TPSA) is 149 Å². The van der Waals surface area contributed by atoms with Gasteiger partial charge in [0.05, 0.1) is 25.4 Å². The third-order valence-corrected chi connectivity index (χ3v) is 19.7. The average Bonchev–Trinajstić information content (AvgIpc) is 1.70. The zero-order valence-electron chi connectivity index (χ0n) is 60.6. The Morgan fingerprint density at radius 1 is 0.374 bits per heavy atom. The third-order valence-electron chi connectivity index (χ3n) is 19.7. The molecule has 1 amide bonds. The Balaban J connectivity index is 2.05. The van der Waals surface area contributed by atoms with Gasteiger partial charge in [-0.15, -0.1) is 0 Å². The highest BCUT2D eigenvalue weighted by Crippen LogP contribution is 2.24. The fourth-order valence-electron chi connectivity index (χ4n) is 13.4. The summed E-state index contributed by atoms with van der Waals surface area (Å²) in [6, 6.07) is -0.805. The van der Waals surface area contributed by atoms with Crippen LogP contribution in [0.15, 0.2) is 36.5 Å². The molecule has 0 aromatic carbocycles. The molecule has 1 fully saturated rings. The van der Waals surface area contributed by atoms with Gasteiger partial charge in [0.2, 0.25) is 5.91 Å². The van der Waals surface area contributed by atoms with E-state index in [4.69, 9.17) is 9.47 Å². The number of nitrogens with one attached hydrogen (secondary N) is 1. The first-order chi connectivity index (χ1) is 44.8. The number of aliphatic hydroxyl groups is 5. The number of aliphatic hydroxyl groups excluding tert-OH is 5. The van der Waals surface area contributed by atoms with E-state index < -0.39 is 49.5 Å². The van der Waals surface area contributed by atoms with Crippen molar-refractivity contribution in [3.63, 3.8) is 0 Å². The predicted molar refractivity (Wildman–Crippen MR) is 392 cm³/mol. The van der Waals surface area contributed by atoms with Gasteiger partial charge in [-0.3, -0.25) is 4.79 Å². The fourth-order valence-corrected chi connectivity index (χ4v) is 13.4. The Hall–Kier alpha value is -1.59. The van der Waals surface area contributed by atoms with Gasteiger partial charge in [-0.05, 0) is 51.4 Å². The van der Waals surface area contributed by atoms with Gasteiger partial charge in [0, 0.05) is 6.42 Å². The summed E-state index contributed by atoms with van der Waals surface area (Å²) in [5.74, 6) is -0.167. The van der Waals surface area contributed by atoms with Gasteiger partial charge in [-0.1, -0.05) is 403 Å². The molecule has 9 heteroatoms. The maximum atomic E-state index is 13.2. The molecule has 0 aromatic heterocycles. The Labute approximate surface area is 565 Å². The van der Waals surface area contributed by atoms with Crippen LogP contribution in [0.4, 0.5) is 0 Å². The molecule has 9 nitrogen and oxygen atoms in total. The highest BCUT2D eigenvalue weighted by molar-refractivity contribution is 5.76. The maximum absolute atomic E-state index is 13.2. The molecule has 0 radical (unpaired) electrons. The molecule has 0 aliphatic carbocycles. The summed E-state index contributed by atoms with van der Waals surface area (Å²) in [6.07, 6.45) is 90.2. The van der Waals surface area contributed by atoms with Gasteiger partial charge >= 0.3 is 0 Å². The minimum atomic E-state index is -1.57. The van der Waals surface area contributed by atoms with Crippen LogP contribution in [-0.2, 0) is 14.3 Å². The molecular formula is C82H157NO8. The van der Waals surface area contributed by atoms with Crippen molar-refractivity contribution in [3.05, 3.63) is 36.5 Å². The zero-order chi connectivity index (χ0) is 65.7. The number of rotatable bonds is 73. The number of hydrogen-bond acceptors (Lipinski definition) is 8. The Morgan fingerprint density at radius 2 is 0.648 bits per heavy atom. The second-order valence-electron chi connectivity index (χ2n) is 28.6. The van der Waals surface area contributed by atoms with Crippen LogP contribution in [0, 0.1) is 0 Å². The number of ether oxygens (including phenoxy) is 2. The van der Waals surface area contributed by atoms with E-state index in [0.717, 1.165) is 44.9 Å². The van der Waals surface area contributed by atoms with E-state index in [2.05, 4.69) is 43.5 Å². The van der Waals surface area contributed by atoms with Crippen LogP contribution in [0.5, 0.6) is 0 Å². The largest absolute Gasteiger partial charge is 0.394 e. The first kappa shape index (κ1) is 87.4. The van der Waals surface area contributed by atoms with E-state index in [-0.39, 0.29) is 12.5 Å². The van der Waals surface area contributed by atoms with Crippen molar-refractivity contribution in [1.29, 1.82) is 0 Å². The fraction of sp³-hybridized carbons (Fsp3) is 0.915. The first-order valence-corrected chi connectivity index (χ1v) is 40.7. The molecule has 7 atom stereocenters. The van der Waals surface area contributed by atoms with Gasteiger partial charge in [-0.2, -0.15) is 0 Å². The number of carbonyl (C=O) groups is 1. The summed E-state index contributed by atoms with van der Waals surface area (Å²) in [5, 5.41) is 54.9. The van der Waals surface area contributed by atoms with Crippen molar-refractivity contribution in [2.45, 2.75) is 468 Å². The molecule has 7 unspecified atom stereocenters. The van der Waals surface area contributed by atoms with Crippen LogP contribution in [0.25, 0.3) is 0 Å². The molecule has 0 saturated carbocycles. The number of hydrogen-bond donors (Lipinski definition) is 6. The zero-order valence-corrected chi connectivity index (χ0v) is 60.6. The van der Waals surface area contributed by atoms with E-state index in [0.29, 0.717) is 6.42 Å². The van der Waals surface area contributed by atoms with Crippen LogP contribution in [0.2, 0.25) is 0 Å². The van der Waals surface area contributed by atoms with Crippen molar-refractivity contribution in [2.75, 3.05) is 13.2 Å². The van der Waals surface area contributed by atoms with Gasteiger partial charge in [0.25, 0.3) is 0 Å². The standard InChI is InChI=1S/C82H157NO8/c1-3-5-7-9-11-13-15-17-19-21-23-25-27-29-31-33-35-36-37-38-39-40-42-44-46-48-50-52-54-56-58-60-62-64-66-68-70-72-78(86)83-75(74-90-82-81(89)80(88)79(87)77(73-84)91-82)76(85)71-69-67-65-63-61-59-57-55-53-51-49-47-45-43-41-34-32-30-28-26-24-22-20-18-16-14-12-10-8-6-4-2/h15,17,21,23,69,71,75-77,79-82,84-85,87-89H,3-14,16,18-20,22,24-68,70,72-74H2,1-2H3,(H,83,86)/b17-15-,23-21-,71-69+. The summed E-state index contributed by atoms with van der Waals surface area (Å²) in [4.78, 5) is 13.2. The molecule has 1 aliphatic rings. The molecule has 1 rings (SSSR count).